The number of fused-ring (bicyclic) bond motifs is 5. The molecular formula is C54H57N3O4+2. The topological polar surface area (TPSA) is 85.6 Å². The summed E-state index contributed by atoms with van der Waals surface area (Å²) < 4.78 is 6.93. The number of benzene rings is 4. The minimum absolute atomic E-state index is 0.0172. The Bertz CT molecular complexity index is 2730. The molecule has 310 valence electrons. The Kier molecular flexibility index (Phi) is 10.0. The Morgan fingerprint density at radius 2 is 0.984 bits per heavy atom. The number of carbonyl (C=O) groups is 2. The number of ketones is 2. The molecule has 0 unspecified atom stereocenters. The molecule has 4 aliphatic rings. The average molecular weight is 812 g/mol. The number of carbonyl (C=O) groups excluding carboxylic acids is 2. The van der Waals surface area contributed by atoms with Gasteiger partial charge in [-0.25, -0.2) is 0 Å². The lowest BCUT2D eigenvalue weighted by atomic mass is 9.77. The molecular weight excluding hydrogens is 755 g/mol. The molecule has 2 aliphatic heterocycles. The predicted octanol–water partition coefficient (Wildman–Crippen LogP) is 11.9. The summed E-state index contributed by atoms with van der Waals surface area (Å²) in [6.45, 7) is 17.8. The summed E-state index contributed by atoms with van der Waals surface area (Å²) in [5.74, 6) is -0.306. The Labute approximate surface area is 359 Å². The zero-order valence-electron chi connectivity index (χ0n) is 36.7. The van der Waals surface area contributed by atoms with Crippen LogP contribution in [0.1, 0.15) is 109 Å². The van der Waals surface area contributed by atoms with Crippen LogP contribution in [0.25, 0.3) is 33.0 Å². The van der Waals surface area contributed by atoms with E-state index in [1.165, 1.54) is 11.1 Å². The lowest BCUT2D eigenvalue weighted by Gasteiger charge is -2.23. The molecule has 0 spiro atoms. The number of hydrogen-bond donors (Lipinski definition) is 2. The first kappa shape index (κ1) is 40.3. The number of aromatic nitrogens is 1. The Morgan fingerprint density at radius 1 is 0.574 bits per heavy atom. The SMILES string of the molecule is CCCCn1c2ccc(C3=C(O)/C(=C\C4=[N+](CCCC)c5ccccc5C4(C)C)C3=O)cc2c2cc(C3=C(O)/C(=C\C4=[N+](CCCC)c5ccccc5C4(C)C)C3=O)ccc21. The molecule has 1 aromatic heterocycles. The molecule has 0 fully saturated rings. The number of aliphatic hydroxyl groups excluding tert-OH is 2. The minimum Gasteiger partial charge on any atom is -0.506 e. The third-order valence-electron chi connectivity index (χ3n) is 13.7. The monoisotopic (exact) mass is 811 g/mol. The van der Waals surface area contributed by atoms with Crippen LogP contribution in [0, 0.1) is 0 Å². The van der Waals surface area contributed by atoms with Crippen LogP contribution in [0.5, 0.6) is 0 Å². The fourth-order valence-corrected chi connectivity index (χ4v) is 10.2. The van der Waals surface area contributed by atoms with Crippen LogP contribution < -0.4 is 0 Å². The van der Waals surface area contributed by atoms with E-state index in [0.717, 1.165) is 103 Å². The van der Waals surface area contributed by atoms with Crippen molar-refractivity contribution in [1.82, 2.24) is 4.57 Å². The van der Waals surface area contributed by atoms with Crippen molar-refractivity contribution >= 4 is 67.3 Å². The van der Waals surface area contributed by atoms with Gasteiger partial charge in [0.25, 0.3) is 0 Å². The van der Waals surface area contributed by atoms with Gasteiger partial charge in [-0.15, -0.1) is 0 Å². The first-order valence-electron chi connectivity index (χ1n) is 22.3. The van der Waals surface area contributed by atoms with E-state index in [1.54, 1.807) is 0 Å². The predicted molar refractivity (Wildman–Crippen MR) is 248 cm³/mol. The Morgan fingerprint density at radius 3 is 1.38 bits per heavy atom. The maximum Gasteiger partial charge on any atom is 0.209 e. The van der Waals surface area contributed by atoms with Crippen molar-refractivity contribution in [3.05, 3.63) is 142 Å². The number of aliphatic hydroxyl groups is 2. The van der Waals surface area contributed by atoms with E-state index in [1.807, 2.05) is 48.6 Å². The number of rotatable bonds is 13. The Balaban J connectivity index is 1.11. The van der Waals surface area contributed by atoms with Crippen LogP contribution in [0.2, 0.25) is 0 Å². The van der Waals surface area contributed by atoms with Crippen LogP contribution in [-0.2, 0) is 27.0 Å². The van der Waals surface area contributed by atoms with E-state index in [0.29, 0.717) is 33.4 Å². The number of Topliss-reactive ketones (excluding diaryl/α,β-unsaturated/α-hetero) is 2. The number of para-hydroxylation sites is 2. The molecule has 2 N–H and O–H groups in total. The summed E-state index contributed by atoms with van der Waals surface area (Å²) in [6, 6.07) is 28.8. The third kappa shape index (κ3) is 6.14. The third-order valence-corrected chi connectivity index (χ3v) is 13.7. The maximum absolute atomic E-state index is 14.1. The van der Waals surface area contributed by atoms with Gasteiger partial charge in [-0.05, 0) is 69.5 Å². The molecule has 0 amide bonds. The van der Waals surface area contributed by atoms with Gasteiger partial charge in [-0.1, -0.05) is 88.6 Å². The van der Waals surface area contributed by atoms with Gasteiger partial charge in [0, 0.05) is 76.6 Å². The summed E-state index contributed by atoms with van der Waals surface area (Å²) in [5.41, 5.74) is 10.8. The highest BCUT2D eigenvalue weighted by Crippen LogP contribution is 2.46. The fraction of sp³-hybridized carbons (Fsp3) is 0.333. The normalized spacial score (nSPS) is 19.3. The van der Waals surface area contributed by atoms with Crippen molar-refractivity contribution in [2.45, 2.75) is 104 Å². The standard InChI is InChI=1S/C54H55N3O4/c1-8-11-26-55-41-24-22-33(47-49(58)37(50(47)59)31-45-53(4,5)39-18-14-16-20-43(39)56(45)27-12-9-2)29-35(41)36-30-34(23-25-42(36)55)48-51(60)38(52(48)61)32-46-54(6,7)40-19-15-17-21-44(40)57(46)28-13-10-3/h14-25,29-32H,8-13,26-28H2,1-7H3/p+2. The van der Waals surface area contributed by atoms with Gasteiger partial charge in [-0.2, -0.15) is 9.15 Å². The van der Waals surface area contributed by atoms with Crippen molar-refractivity contribution in [3.63, 3.8) is 0 Å². The second-order valence-corrected chi connectivity index (χ2v) is 18.3. The average Bonchev–Trinajstić information content (AvgIpc) is 3.77. The molecule has 9 rings (SSSR count). The molecule has 0 saturated carbocycles. The molecule has 4 aromatic carbocycles. The van der Waals surface area contributed by atoms with Crippen molar-refractivity contribution < 1.29 is 29.0 Å². The van der Waals surface area contributed by atoms with E-state index in [9.17, 15) is 19.8 Å². The molecule has 3 heterocycles. The highest BCUT2D eigenvalue weighted by Gasteiger charge is 2.48. The van der Waals surface area contributed by atoms with Crippen LogP contribution in [0.15, 0.2) is 120 Å². The summed E-state index contributed by atoms with van der Waals surface area (Å²) in [6.07, 6.45) is 9.96. The van der Waals surface area contributed by atoms with Gasteiger partial charge < -0.3 is 14.8 Å². The zero-order valence-corrected chi connectivity index (χ0v) is 36.7. The molecule has 7 heteroatoms. The number of nitrogens with zero attached hydrogens (tertiary/aromatic N) is 3. The number of allylic oxidation sites excluding steroid dienone is 6. The lowest BCUT2D eigenvalue weighted by molar-refractivity contribution is -0.438. The summed E-state index contributed by atoms with van der Waals surface area (Å²) in [4.78, 5) is 28.2. The van der Waals surface area contributed by atoms with Crippen LogP contribution in [-0.4, -0.2) is 60.0 Å². The number of unbranched alkanes of at least 4 members (excludes halogenated alkanes) is 3. The van der Waals surface area contributed by atoms with Crippen molar-refractivity contribution in [2.24, 2.45) is 0 Å². The van der Waals surface area contributed by atoms with Crippen LogP contribution in [0.4, 0.5) is 11.4 Å². The maximum atomic E-state index is 14.1. The van der Waals surface area contributed by atoms with Crippen LogP contribution >= 0.6 is 0 Å². The smallest absolute Gasteiger partial charge is 0.209 e. The van der Waals surface area contributed by atoms with Crippen molar-refractivity contribution in [2.75, 3.05) is 13.1 Å². The van der Waals surface area contributed by atoms with Gasteiger partial charge in [0.15, 0.2) is 11.4 Å². The van der Waals surface area contributed by atoms with Gasteiger partial charge in [0.1, 0.15) is 24.6 Å². The summed E-state index contributed by atoms with van der Waals surface area (Å²) in [5, 5.41) is 25.2. The molecule has 0 saturated heterocycles. The van der Waals surface area contributed by atoms with E-state index in [2.05, 4.69) is 111 Å². The van der Waals surface area contributed by atoms with Crippen molar-refractivity contribution in [1.29, 1.82) is 0 Å². The zero-order chi connectivity index (χ0) is 43.0. The molecule has 0 bridgehead atoms. The minimum atomic E-state index is -0.334. The number of aryl methyl sites for hydroxylation is 1. The highest BCUT2D eigenvalue weighted by atomic mass is 16.3. The van der Waals surface area contributed by atoms with Crippen molar-refractivity contribution in [3.8, 4) is 0 Å². The van der Waals surface area contributed by atoms with Gasteiger partial charge in [-0.3, -0.25) is 9.59 Å². The fourth-order valence-electron chi connectivity index (χ4n) is 10.2. The summed E-state index contributed by atoms with van der Waals surface area (Å²) >= 11 is 0. The second kappa shape index (κ2) is 15.1. The second-order valence-electron chi connectivity index (χ2n) is 18.3. The molecule has 5 aromatic rings. The largest absolute Gasteiger partial charge is 0.506 e. The molecule has 2 aliphatic carbocycles. The van der Waals surface area contributed by atoms with Gasteiger partial charge in [0.05, 0.1) is 33.1 Å². The van der Waals surface area contributed by atoms with E-state index >= 15 is 0 Å². The first-order valence-corrected chi connectivity index (χ1v) is 22.3. The number of hydrogen-bond acceptors (Lipinski definition) is 4. The molecule has 61 heavy (non-hydrogen) atoms. The quantitative estimate of drug-likeness (QED) is 0.0916. The van der Waals surface area contributed by atoms with E-state index in [4.69, 9.17) is 0 Å². The van der Waals surface area contributed by atoms with E-state index < -0.39 is 0 Å². The molecule has 0 radical (unpaired) electrons. The summed E-state index contributed by atoms with van der Waals surface area (Å²) in [7, 11) is 0. The van der Waals surface area contributed by atoms with Crippen LogP contribution in [0.3, 0.4) is 0 Å². The molecule has 7 nitrogen and oxygen atoms in total. The van der Waals surface area contributed by atoms with Gasteiger partial charge in [0.2, 0.25) is 22.9 Å². The first-order chi connectivity index (χ1) is 29.3. The highest BCUT2D eigenvalue weighted by molar-refractivity contribution is 6.41. The van der Waals surface area contributed by atoms with Gasteiger partial charge >= 0.3 is 0 Å². The lowest BCUT2D eigenvalue weighted by Crippen LogP contribution is -2.31. The van der Waals surface area contributed by atoms with E-state index in [-0.39, 0.29) is 33.9 Å². The molecule has 0 atom stereocenters. The Hall–Kier alpha value is -6.08.